The van der Waals surface area contributed by atoms with Crippen molar-refractivity contribution < 1.29 is 34.7 Å². The van der Waals surface area contributed by atoms with E-state index in [1.54, 1.807) is 0 Å². The number of alkyl halides is 3. The van der Waals surface area contributed by atoms with Gasteiger partial charge in [-0.2, -0.15) is 21.6 Å². The molecular weight excluding hydrogens is 413 g/mol. The normalized spacial score (nSPS) is 19.5. The van der Waals surface area contributed by atoms with Crippen LogP contribution in [0.5, 0.6) is 0 Å². The van der Waals surface area contributed by atoms with Crippen LogP contribution in [0.25, 0.3) is 0 Å². The molecule has 0 aliphatic carbocycles. The largest absolute Gasteiger partial charge is 0.417 e. The number of hydrogen-bond donors (Lipinski definition) is 0. The molecule has 1 aromatic carbocycles. The second-order valence-corrected chi connectivity index (χ2v) is 7.33. The summed E-state index contributed by atoms with van der Waals surface area (Å²) >= 11 is 2.60. The third-order valence-electron chi connectivity index (χ3n) is 3.27. The molecule has 23 heavy (non-hydrogen) atoms. The Morgan fingerprint density at radius 2 is 1.91 bits per heavy atom. The number of amides is 1. The third-order valence-corrected chi connectivity index (χ3v) is 4.80. The topological polar surface area (TPSA) is 54.5 Å². The minimum atomic E-state index is -4.84. The summed E-state index contributed by atoms with van der Waals surface area (Å²) in [5.74, 6) is -3.75. The molecule has 0 N–H and O–H groups in total. The zero-order valence-corrected chi connectivity index (χ0v) is 13.6. The molecule has 1 aliphatic heterocycles. The van der Waals surface area contributed by atoms with Gasteiger partial charge in [-0.05, 0) is 12.1 Å². The first-order valence-corrected chi connectivity index (χ1v) is 8.52. The van der Waals surface area contributed by atoms with Crippen molar-refractivity contribution >= 4 is 37.7 Å². The average molecular weight is 422 g/mol. The predicted molar refractivity (Wildman–Crippen MR) is 74.5 cm³/mol. The minimum Gasteiger partial charge on any atom is -0.309 e. The number of carbonyl (C=O) groups is 1. The molecule has 0 aromatic heterocycles. The lowest BCUT2D eigenvalue weighted by atomic mass is 10.1. The summed E-state index contributed by atoms with van der Waals surface area (Å²) in [4.78, 5) is 12.5. The average Bonchev–Trinajstić information content (AvgIpc) is 2.65. The Bertz CT molecular complexity index is 750. The molecule has 2 rings (SSSR count). The standard InChI is InChI=1S/C12H9BrF5NO3S/c13-8-3-9(14)10(2-7(8)12(15,16)17)19-4-6(1-11(19)20)5-23(18,21)22/h2-3,6H,1,4-5H2. The van der Waals surface area contributed by atoms with Crippen LogP contribution in [0, 0.1) is 11.7 Å². The maximum atomic E-state index is 13.9. The Hall–Kier alpha value is -1.23. The number of nitrogens with zero attached hydrogens (tertiary/aromatic N) is 1. The van der Waals surface area contributed by atoms with Crippen LogP contribution in [0.15, 0.2) is 16.6 Å². The van der Waals surface area contributed by atoms with E-state index in [4.69, 9.17) is 0 Å². The maximum Gasteiger partial charge on any atom is 0.417 e. The van der Waals surface area contributed by atoms with Crippen LogP contribution in [0.3, 0.4) is 0 Å². The quantitative estimate of drug-likeness (QED) is 0.555. The van der Waals surface area contributed by atoms with E-state index in [1.807, 2.05) is 0 Å². The zero-order valence-electron chi connectivity index (χ0n) is 11.2. The molecule has 11 heteroatoms. The number of halogens is 6. The highest BCUT2D eigenvalue weighted by Gasteiger charge is 2.38. The van der Waals surface area contributed by atoms with Crippen LogP contribution in [-0.4, -0.2) is 26.6 Å². The fourth-order valence-corrected chi connectivity index (χ4v) is 3.70. The van der Waals surface area contributed by atoms with Crippen LogP contribution in [-0.2, 0) is 21.2 Å². The molecule has 0 spiro atoms. The maximum absolute atomic E-state index is 13.9. The first-order chi connectivity index (χ1) is 10.4. The fraction of sp³-hybridized carbons (Fsp3) is 0.417. The van der Waals surface area contributed by atoms with E-state index in [1.165, 1.54) is 0 Å². The van der Waals surface area contributed by atoms with Crippen LogP contribution in [0.1, 0.15) is 12.0 Å². The van der Waals surface area contributed by atoms with Crippen molar-refractivity contribution in [1.29, 1.82) is 0 Å². The molecule has 1 saturated heterocycles. The molecule has 1 fully saturated rings. The number of hydrogen-bond acceptors (Lipinski definition) is 3. The molecule has 1 atom stereocenters. The van der Waals surface area contributed by atoms with Crippen molar-refractivity contribution in [2.45, 2.75) is 12.6 Å². The van der Waals surface area contributed by atoms with E-state index in [2.05, 4.69) is 15.9 Å². The lowest BCUT2D eigenvalue weighted by molar-refractivity contribution is -0.138. The number of benzene rings is 1. The van der Waals surface area contributed by atoms with E-state index in [-0.39, 0.29) is 13.0 Å². The Balaban J connectivity index is 2.37. The van der Waals surface area contributed by atoms with Gasteiger partial charge in [-0.25, -0.2) is 4.39 Å². The SMILES string of the molecule is O=C1CC(CS(=O)(=O)F)CN1c1cc(C(F)(F)F)c(Br)cc1F. The van der Waals surface area contributed by atoms with Gasteiger partial charge in [0.2, 0.25) is 5.91 Å². The first-order valence-electron chi connectivity index (χ1n) is 6.17. The number of rotatable bonds is 3. The van der Waals surface area contributed by atoms with Gasteiger partial charge in [0.1, 0.15) is 5.82 Å². The molecule has 1 heterocycles. The molecule has 1 amide bonds. The first kappa shape index (κ1) is 18.1. The van der Waals surface area contributed by atoms with Crippen LogP contribution >= 0.6 is 15.9 Å². The smallest absolute Gasteiger partial charge is 0.309 e. The summed E-state index contributed by atoms with van der Waals surface area (Å²) in [7, 11) is -4.84. The van der Waals surface area contributed by atoms with Crippen LogP contribution < -0.4 is 4.90 Å². The van der Waals surface area contributed by atoms with Crippen molar-refractivity contribution in [2.24, 2.45) is 5.92 Å². The summed E-state index contributed by atoms with van der Waals surface area (Å²) in [6, 6.07) is 1.04. The van der Waals surface area contributed by atoms with Gasteiger partial charge in [0, 0.05) is 23.4 Å². The lowest BCUT2D eigenvalue weighted by Crippen LogP contribution is -2.27. The summed E-state index contributed by atoms with van der Waals surface area (Å²) in [6.07, 6.45) is -5.16. The second-order valence-electron chi connectivity index (χ2n) is 5.06. The monoisotopic (exact) mass is 421 g/mol. The van der Waals surface area contributed by atoms with Gasteiger partial charge in [-0.3, -0.25) is 4.79 Å². The lowest BCUT2D eigenvalue weighted by Gasteiger charge is -2.20. The summed E-state index contributed by atoms with van der Waals surface area (Å²) < 4.78 is 85.9. The van der Waals surface area contributed by atoms with Gasteiger partial charge >= 0.3 is 16.4 Å². The Labute approximate surface area is 136 Å². The van der Waals surface area contributed by atoms with Crippen LogP contribution in [0.2, 0.25) is 0 Å². The van der Waals surface area contributed by atoms with Gasteiger partial charge in [-0.15, -0.1) is 3.89 Å². The molecule has 128 valence electrons. The summed E-state index contributed by atoms with van der Waals surface area (Å²) in [5.41, 5.74) is -1.80. The van der Waals surface area contributed by atoms with Crippen molar-refractivity contribution in [2.75, 3.05) is 17.2 Å². The van der Waals surface area contributed by atoms with E-state index < -0.39 is 55.5 Å². The van der Waals surface area contributed by atoms with E-state index in [9.17, 15) is 34.7 Å². The number of carbonyl (C=O) groups excluding carboxylic acids is 1. The highest BCUT2D eigenvalue weighted by molar-refractivity contribution is 9.10. The Kier molecular flexibility index (Phi) is 4.73. The molecular formula is C12H9BrF5NO3S. The fourth-order valence-electron chi connectivity index (χ4n) is 2.37. The molecule has 0 saturated carbocycles. The zero-order chi connectivity index (χ0) is 17.6. The predicted octanol–water partition coefficient (Wildman–Crippen LogP) is 3.26. The third kappa shape index (κ3) is 4.19. The highest BCUT2D eigenvalue weighted by atomic mass is 79.9. The van der Waals surface area contributed by atoms with Gasteiger partial charge < -0.3 is 4.90 Å². The van der Waals surface area contributed by atoms with Gasteiger partial charge in [0.15, 0.2) is 0 Å². The molecule has 0 radical (unpaired) electrons. The van der Waals surface area contributed by atoms with E-state index in [0.717, 1.165) is 0 Å². The van der Waals surface area contributed by atoms with E-state index >= 15 is 0 Å². The second kappa shape index (κ2) is 6.00. The van der Waals surface area contributed by atoms with Crippen molar-refractivity contribution in [1.82, 2.24) is 0 Å². The summed E-state index contributed by atoms with van der Waals surface area (Å²) in [6.45, 7) is -0.377. The van der Waals surface area contributed by atoms with Crippen LogP contribution in [0.4, 0.5) is 27.1 Å². The molecule has 0 bridgehead atoms. The molecule has 1 aromatic rings. The van der Waals surface area contributed by atoms with Gasteiger partial charge in [0.25, 0.3) is 0 Å². The van der Waals surface area contributed by atoms with Gasteiger partial charge in [-0.1, -0.05) is 15.9 Å². The molecule has 1 unspecified atom stereocenters. The summed E-state index contributed by atoms with van der Waals surface area (Å²) in [5, 5.41) is 0. The molecule has 4 nitrogen and oxygen atoms in total. The van der Waals surface area contributed by atoms with E-state index in [0.29, 0.717) is 17.0 Å². The Morgan fingerprint density at radius 3 is 2.43 bits per heavy atom. The minimum absolute atomic E-state index is 0.377. The molecule has 1 aliphatic rings. The Morgan fingerprint density at radius 1 is 1.30 bits per heavy atom. The van der Waals surface area contributed by atoms with Crippen molar-refractivity contribution in [3.63, 3.8) is 0 Å². The van der Waals surface area contributed by atoms with Gasteiger partial charge in [0.05, 0.1) is 17.0 Å². The van der Waals surface area contributed by atoms with Crippen molar-refractivity contribution in [3.8, 4) is 0 Å². The van der Waals surface area contributed by atoms with Crippen molar-refractivity contribution in [3.05, 3.63) is 28.0 Å². The number of anilines is 1. The highest BCUT2D eigenvalue weighted by Crippen LogP contribution is 2.39.